The second-order valence-corrected chi connectivity index (χ2v) is 6.32. The Hall–Kier alpha value is -0.0800. The molecule has 0 spiro atoms. The average Bonchev–Trinajstić information content (AvgIpc) is 2.57. The van der Waals surface area contributed by atoms with Crippen LogP contribution < -0.4 is 5.32 Å². The average molecular weight is 225 g/mol. The number of hydrogen-bond acceptors (Lipinski definition) is 2. The topological polar surface area (TPSA) is 21.3 Å². The van der Waals surface area contributed by atoms with E-state index in [0.29, 0.717) is 16.9 Å². The molecule has 2 fully saturated rings. The van der Waals surface area contributed by atoms with E-state index >= 15 is 0 Å². The van der Waals surface area contributed by atoms with Crippen LogP contribution in [0.25, 0.3) is 0 Å². The summed E-state index contributed by atoms with van der Waals surface area (Å²) in [5.41, 5.74) is 0.903. The van der Waals surface area contributed by atoms with E-state index in [1.54, 1.807) is 0 Å². The molecular formula is C14H27NO. The van der Waals surface area contributed by atoms with Gasteiger partial charge in [-0.2, -0.15) is 0 Å². The predicted octanol–water partition coefficient (Wildman–Crippen LogP) is 2.83. The van der Waals surface area contributed by atoms with E-state index in [4.69, 9.17) is 4.74 Å². The van der Waals surface area contributed by atoms with Crippen LogP contribution in [-0.2, 0) is 4.74 Å². The fourth-order valence-electron chi connectivity index (χ4n) is 3.83. The molecule has 0 aliphatic heterocycles. The summed E-state index contributed by atoms with van der Waals surface area (Å²) in [5, 5.41) is 3.32. The van der Waals surface area contributed by atoms with Crippen LogP contribution in [0.15, 0.2) is 0 Å². The third kappa shape index (κ3) is 1.70. The summed E-state index contributed by atoms with van der Waals surface area (Å²) in [4.78, 5) is 0. The maximum atomic E-state index is 6.12. The second kappa shape index (κ2) is 4.30. The summed E-state index contributed by atoms with van der Waals surface area (Å²) in [5.74, 6) is 0.890. The van der Waals surface area contributed by atoms with Gasteiger partial charge in [0.15, 0.2) is 0 Å². The molecule has 2 saturated carbocycles. The van der Waals surface area contributed by atoms with Gasteiger partial charge in [0.05, 0.1) is 12.7 Å². The van der Waals surface area contributed by atoms with Gasteiger partial charge >= 0.3 is 0 Å². The first-order valence-corrected chi connectivity index (χ1v) is 6.84. The molecule has 0 amide bonds. The van der Waals surface area contributed by atoms with Gasteiger partial charge in [-0.25, -0.2) is 0 Å². The highest BCUT2D eigenvalue weighted by atomic mass is 16.5. The summed E-state index contributed by atoms with van der Waals surface area (Å²) in [6, 6.07) is 0. The molecule has 0 aromatic carbocycles. The molecule has 2 aliphatic carbocycles. The Bertz CT molecular complexity index is 251. The van der Waals surface area contributed by atoms with Crippen LogP contribution >= 0.6 is 0 Å². The number of ether oxygens (including phenoxy) is 1. The Morgan fingerprint density at radius 3 is 2.56 bits per heavy atom. The Morgan fingerprint density at radius 1 is 1.31 bits per heavy atom. The number of nitrogens with one attached hydrogen (secondary N) is 1. The maximum Gasteiger partial charge on any atom is 0.0637 e. The van der Waals surface area contributed by atoms with Crippen molar-refractivity contribution >= 4 is 0 Å². The minimum atomic E-state index is 0.421. The lowest BCUT2D eigenvalue weighted by atomic mass is 9.70. The molecule has 2 bridgehead atoms. The molecule has 1 N–H and O–H groups in total. The van der Waals surface area contributed by atoms with Gasteiger partial charge in [-0.3, -0.25) is 0 Å². The van der Waals surface area contributed by atoms with Crippen molar-refractivity contribution in [1.82, 2.24) is 5.32 Å². The molecule has 2 nitrogen and oxygen atoms in total. The summed E-state index contributed by atoms with van der Waals surface area (Å²) in [7, 11) is 0. The molecule has 2 rings (SSSR count). The summed E-state index contributed by atoms with van der Waals surface area (Å²) in [6.45, 7) is 12.4. The molecule has 2 aliphatic rings. The van der Waals surface area contributed by atoms with Crippen molar-refractivity contribution in [3.63, 3.8) is 0 Å². The molecule has 0 heterocycles. The van der Waals surface area contributed by atoms with Gasteiger partial charge in [0.2, 0.25) is 0 Å². The van der Waals surface area contributed by atoms with Crippen LogP contribution in [0.1, 0.15) is 47.0 Å². The van der Waals surface area contributed by atoms with Gasteiger partial charge in [0.25, 0.3) is 0 Å². The quantitative estimate of drug-likeness (QED) is 0.726. The highest BCUT2D eigenvalue weighted by Crippen LogP contribution is 2.66. The van der Waals surface area contributed by atoms with Gasteiger partial charge in [0.1, 0.15) is 0 Å². The molecule has 3 atom stereocenters. The standard InChI is InChI=1S/C14H27NO/c1-5-15-8-9-16-12-10-11-6-7-14(12,4)13(11,2)3/h11-12,15H,5-10H2,1-4H3. The summed E-state index contributed by atoms with van der Waals surface area (Å²) >= 11 is 0. The first-order chi connectivity index (χ1) is 7.52. The molecule has 16 heavy (non-hydrogen) atoms. The zero-order valence-electron chi connectivity index (χ0n) is 11.3. The van der Waals surface area contributed by atoms with Crippen molar-refractivity contribution < 1.29 is 4.74 Å². The molecule has 3 unspecified atom stereocenters. The smallest absolute Gasteiger partial charge is 0.0637 e. The van der Waals surface area contributed by atoms with Crippen molar-refractivity contribution in [3.8, 4) is 0 Å². The van der Waals surface area contributed by atoms with Crippen LogP contribution in [0.5, 0.6) is 0 Å². The third-order valence-corrected chi connectivity index (χ3v) is 5.56. The fourth-order valence-corrected chi connectivity index (χ4v) is 3.83. The van der Waals surface area contributed by atoms with Crippen LogP contribution in [0.2, 0.25) is 0 Å². The molecule has 0 aromatic rings. The van der Waals surface area contributed by atoms with Crippen molar-refractivity contribution in [2.45, 2.75) is 53.1 Å². The van der Waals surface area contributed by atoms with Gasteiger partial charge in [0, 0.05) is 6.54 Å². The number of hydrogen-bond donors (Lipinski definition) is 1. The van der Waals surface area contributed by atoms with E-state index in [0.717, 1.165) is 25.6 Å². The van der Waals surface area contributed by atoms with Crippen LogP contribution in [0.4, 0.5) is 0 Å². The maximum absolute atomic E-state index is 6.12. The number of fused-ring (bicyclic) bond motifs is 2. The molecular weight excluding hydrogens is 198 g/mol. The van der Waals surface area contributed by atoms with Gasteiger partial charge in [-0.1, -0.05) is 27.7 Å². The Kier molecular flexibility index (Phi) is 3.33. The first kappa shape index (κ1) is 12.4. The minimum absolute atomic E-state index is 0.421. The monoisotopic (exact) mass is 225 g/mol. The predicted molar refractivity (Wildman–Crippen MR) is 67.5 cm³/mol. The zero-order chi connectivity index (χ0) is 11.8. The van der Waals surface area contributed by atoms with Crippen molar-refractivity contribution in [1.29, 1.82) is 0 Å². The van der Waals surface area contributed by atoms with Crippen molar-refractivity contribution in [2.75, 3.05) is 19.7 Å². The summed E-state index contributed by atoms with van der Waals surface area (Å²) in [6.07, 6.45) is 4.56. The van der Waals surface area contributed by atoms with Crippen molar-refractivity contribution in [2.24, 2.45) is 16.7 Å². The zero-order valence-corrected chi connectivity index (χ0v) is 11.3. The lowest BCUT2D eigenvalue weighted by molar-refractivity contribution is -0.0448. The van der Waals surface area contributed by atoms with Gasteiger partial charge < -0.3 is 10.1 Å². The van der Waals surface area contributed by atoms with Crippen molar-refractivity contribution in [3.05, 3.63) is 0 Å². The van der Waals surface area contributed by atoms with E-state index in [1.807, 2.05) is 0 Å². The van der Waals surface area contributed by atoms with Gasteiger partial charge in [-0.05, 0) is 42.6 Å². The lowest BCUT2D eigenvalue weighted by Gasteiger charge is -2.38. The summed E-state index contributed by atoms with van der Waals surface area (Å²) < 4.78 is 6.12. The molecule has 0 radical (unpaired) electrons. The van der Waals surface area contributed by atoms with Crippen LogP contribution in [-0.4, -0.2) is 25.8 Å². The van der Waals surface area contributed by atoms with E-state index in [9.17, 15) is 0 Å². The Morgan fingerprint density at radius 2 is 2.06 bits per heavy atom. The molecule has 94 valence electrons. The molecule has 0 aromatic heterocycles. The Balaban J connectivity index is 1.89. The third-order valence-electron chi connectivity index (χ3n) is 5.56. The molecule has 0 saturated heterocycles. The van der Waals surface area contributed by atoms with E-state index in [1.165, 1.54) is 19.3 Å². The van der Waals surface area contributed by atoms with Gasteiger partial charge in [-0.15, -0.1) is 0 Å². The number of rotatable bonds is 5. The SMILES string of the molecule is CCNCCOC1CC2CCC1(C)C2(C)C. The van der Waals surface area contributed by atoms with Crippen LogP contribution in [0, 0.1) is 16.7 Å². The lowest BCUT2D eigenvalue weighted by Crippen LogP contribution is -2.38. The molecule has 2 heteroatoms. The van der Waals surface area contributed by atoms with E-state index in [2.05, 4.69) is 33.0 Å². The highest BCUT2D eigenvalue weighted by Gasteiger charge is 2.61. The van der Waals surface area contributed by atoms with E-state index < -0.39 is 0 Å². The first-order valence-electron chi connectivity index (χ1n) is 6.84. The Labute approximate surface area is 100 Å². The highest BCUT2D eigenvalue weighted by molar-refractivity contribution is 5.11. The second-order valence-electron chi connectivity index (χ2n) is 6.32. The largest absolute Gasteiger partial charge is 0.376 e. The normalized spacial score (nSPS) is 40.5. The fraction of sp³-hybridized carbons (Fsp3) is 1.00. The van der Waals surface area contributed by atoms with E-state index in [-0.39, 0.29) is 0 Å². The van der Waals surface area contributed by atoms with Crippen LogP contribution in [0.3, 0.4) is 0 Å². The minimum Gasteiger partial charge on any atom is -0.376 e. The number of likely N-dealkylation sites (N-methyl/N-ethyl adjacent to an activating group) is 1.